The minimum atomic E-state index is -0.179. The van der Waals surface area contributed by atoms with E-state index < -0.39 is 0 Å². The molecule has 1 saturated carbocycles. The van der Waals surface area contributed by atoms with Crippen molar-refractivity contribution in [2.45, 2.75) is 77.6 Å². The highest BCUT2D eigenvalue weighted by atomic mass is 16.3. The average molecular weight is 285 g/mol. The smallest absolute Gasteiger partial charge is 0.315 e. The molecule has 2 amide bonds. The maximum Gasteiger partial charge on any atom is 0.315 e. The third-order valence-electron chi connectivity index (χ3n) is 4.01. The third-order valence-corrected chi connectivity index (χ3v) is 4.01. The lowest BCUT2D eigenvalue weighted by atomic mass is 9.93. The zero-order chi connectivity index (χ0) is 15.1. The lowest BCUT2D eigenvalue weighted by molar-refractivity contribution is 0.117. The van der Waals surface area contributed by atoms with Gasteiger partial charge in [0.1, 0.15) is 0 Å². The monoisotopic (exact) mass is 285 g/mol. The predicted octanol–water partition coefficient (Wildman–Crippen LogP) is 1.71. The summed E-state index contributed by atoms with van der Waals surface area (Å²) in [6.07, 6.45) is 3.15. The van der Waals surface area contributed by atoms with Gasteiger partial charge < -0.3 is 15.7 Å². The summed E-state index contributed by atoms with van der Waals surface area (Å²) in [5.41, 5.74) is 0. The van der Waals surface area contributed by atoms with Crippen LogP contribution in [0, 0.1) is 0 Å². The van der Waals surface area contributed by atoms with Crippen LogP contribution in [0.1, 0.15) is 53.4 Å². The molecule has 3 N–H and O–H groups in total. The van der Waals surface area contributed by atoms with Crippen LogP contribution in [0.3, 0.4) is 0 Å². The van der Waals surface area contributed by atoms with Gasteiger partial charge in [0.15, 0.2) is 0 Å². The molecule has 118 valence electrons. The van der Waals surface area contributed by atoms with Gasteiger partial charge in [-0.25, -0.2) is 4.79 Å². The molecule has 0 aromatic carbocycles. The van der Waals surface area contributed by atoms with Gasteiger partial charge in [-0.05, 0) is 53.4 Å². The second-order valence-corrected chi connectivity index (χ2v) is 6.33. The maximum atomic E-state index is 11.8. The fraction of sp³-hybridized carbons (Fsp3) is 0.933. The number of aliphatic hydroxyl groups excluding tert-OH is 1. The van der Waals surface area contributed by atoms with Gasteiger partial charge >= 0.3 is 6.03 Å². The topological polar surface area (TPSA) is 64.6 Å². The Bertz CT molecular complexity index is 279. The van der Waals surface area contributed by atoms with Gasteiger partial charge in [-0.3, -0.25) is 4.90 Å². The van der Waals surface area contributed by atoms with Crippen molar-refractivity contribution in [2.24, 2.45) is 0 Å². The Hall–Kier alpha value is -0.810. The van der Waals surface area contributed by atoms with Crippen molar-refractivity contribution in [2.75, 3.05) is 13.1 Å². The highest BCUT2D eigenvalue weighted by Gasteiger charge is 2.20. The zero-order valence-electron chi connectivity index (χ0n) is 13.4. The minimum Gasteiger partial charge on any atom is -0.393 e. The Kier molecular flexibility index (Phi) is 7.30. The number of hydrogen-bond donors (Lipinski definition) is 3. The van der Waals surface area contributed by atoms with Gasteiger partial charge in [-0.15, -0.1) is 0 Å². The highest BCUT2D eigenvalue weighted by molar-refractivity contribution is 5.74. The second-order valence-electron chi connectivity index (χ2n) is 6.33. The standard InChI is InChI=1S/C15H31N3O2/c1-11(2)18(12(3)4)10-9-16-15(20)17-13-5-7-14(19)8-6-13/h11-14,19H,5-10H2,1-4H3,(H2,16,17,20). The molecule has 1 fully saturated rings. The molecule has 20 heavy (non-hydrogen) atoms. The Labute approximate surface area is 123 Å². The van der Waals surface area contributed by atoms with Crippen LogP contribution in [0.15, 0.2) is 0 Å². The van der Waals surface area contributed by atoms with Crippen LogP contribution >= 0.6 is 0 Å². The first kappa shape index (κ1) is 17.2. The summed E-state index contributed by atoms with van der Waals surface area (Å²) in [6.45, 7) is 10.2. The van der Waals surface area contributed by atoms with Crippen molar-refractivity contribution >= 4 is 6.03 Å². The normalized spacial score (nSPS) is 23.4. The molecule has 0 heterocycles. The number of carbonyl (C=O) groups excluding carboxylic acids is 1. The van der Waals surface area contributed by atoms with E-state index in [4.69, 9.17) is 0 Å². The molecular weight excluding hydrogens is 254 g/mol. The summed E-state index contributed by atoms with van der Waals surface area (Å²) in [5, 5.41) is 15.4. The molecule has 5 heteroatoms. The molecule has 0 bridgehead atoms. The Morgan fingerprint density at radius 1 is 1.15 bits per heavy atom. The third kappa shape index (κ3) is 6.09. The van der Waals surface area contributed by atoms with Crippen molar-refractivity contribution in [3.8, 4) is 0 Å². The maximum absolute atomic E-state index is 11.8. The van der Waals surface area contributed by atoms with Crippen LogP contribution in [0.5, 0.6) is 0 Å². The zero-order valence-corrected chi connectivity index (χ0v) is 13.4. The van der Waals surface area contributed by atoms with Crippen LogP contribution in [0.4, 0.5) is 4.79 Å². The van der Waals surface area contributed by atoms with Gasteiger partial charge in [-0.2, -0.15) is 0 Å². The SMILES string of the molecule is CC(C)N(CCNC(=O)NC1CCC(O)CC1)C(C)C. The number of nitrogens with zero attached hydrogens (tertiary/aromatic N) is 1. The molecule has 0 spiro atoms. The summed E-state index contributed by atoms with van der Waals surface area (Å²) >= 11 is 0. The molecule has 0 radical (unpaired) electrons. The van der Waals surface area contributed by atoms with E-state index >= 15 is 0 Å². The van der Waals surface area contributed by atoms with Gasteiger partial charge in [0.25, 0.3) is 0 Å². The van der Waals surface area contributed by atoms with Crippen LogP contribution in [0.2, 0.25) is 0 Å². The van der Waals surface area contributed by atoms with Crippen LogP contribution in [-0.4, -0.2) is 53.4 Å². The Morgan fingerprint density at radius 3 is 2.20 bits per heavy atom. The summed E-state index contributed by atoms with van der Waals surface area (Å²) in [6, 6.07) is 1.10. The van der Waals surface area contributed by atoms with Crippen molar-refractivity contribution < 1.29 is 9.90 Å². The van der Waals surface area contributed by atoms with Crippen molar-refractivity contribution in [1.29, 1.82) is 0 Å². The molecule has 0 aromatic rings. The number of carbonyl (C=O) groups is 1. The van der Waals surface area contributed by atoms with Crippen LogP contribution in [0.25, 0.3) is 0 Å². The van der Waals surface area contributed by atoms with Crippen molar-refractivity contribution in [3.05, 3.63) is 0 Å². The fourth-order valence-corrected chi connectivity index (χ4v) is 2.87. The predicted molar refractivity (Wildman–Crippen MR) is 81.8 cm³/mol. The van der Waals surface area contributed by atoms with E-state index in [0.717, 1.165) is 32.2 Å². The first-order valence-electron chi connectivity index (χ1n) is 7.88. The van der Waals surface area contributed by atoms with E-state index in [1.54, 1.807) is 0 Å². The Balaban J connectivity index is 2.19. The minimum absolute atomic E-state index is 0.0844. The van der Waals surface area contributed by atoms with Gasteiger partial charge in [0.05, 0.1) is 6.10 Å². The van der Waals surface area contributed by atoms with E-state index in [0.29, 0.717) is 18.6 Å². The number of nitrogens with one attached hydrogen (secondary N) is 2. The first-order valence-corrected chi connectivity index (χ1v) is 7.88. The molecule has 0 unspecified atom stereocenters. The molecule has 1 aliphatic carbocycles. The van der Waals surface area contributed by atoms with Crippen LogP contribution in [-0.2, 0) is 0 Å². The quantitative estimate of drug-likeness (QED) is 0.696. The lowest BCUT2D eigenvalue weighted by Gasteiger charge is -2.30. The van der Waals surface area contributed by atoms with Gasteiger partial charge in [0, 0.05) is 31.2 Å². The average Bonchev–Trinajstić information content (AvgIpc) is 2.36. The lowest BCUT2D eigenvalue weighted by Crippen LogP contribution is -2.47. The number of rotatable bonds is 6. The molecule has 1 rings (SSSR count). The summed E-state index contributed by atoms with van der Waals surface area (Å²) in [4.78, 5) is 14.2. The summed E-state index contributed by atoms with van der Waals surface area (Å²) in [5.74, 6) is 0. The number of aliphatic hydroxyl groups is 1. The first-order chi connectivity index (χ1) is 9.40. The number of urea groups is 1. The molecule has 0 aliphatic heterocycles. The fourth-order valence-electron chi connectivity index (χ4n) is 2.87. The molecule has 0 atom stereocenters. The summed E-state index contributed by atoms with van der Waals surface area (Å²) < 4.78 is 0. The number of hydrogen-bond acceptors (Lipinski definition) is 3. The molecule has 5 nitrogen and oxygen atoms in total. The van der Waals surface area contributed by atoms with Gasteiger partial charge in [-0.1, -0.05) is 0 Å². The molecule has 0 aromatic heterocycles. The van der Waals surface area contributed by atoms with E-state index in [9.17, 15) is 9.90 Å². The van der Waals surface area contributed by atoms with E-state index in [2.05, 4.69) is 43.2 Å². The van der Waals surface area contributed by atoms with E-state index in [1.165, 1.54) is 0 Å². The van der Waals surface area contributed by atoms with E-state index in [1.807, 2.05) is 0 Å². The molecule has 1 aliphatic rings. The van der Waals surface area contributed by atoms with Gasteiger partial charge in [0.2, 0.25) is 0 Å². The van der Waals surface area contributed by atoms with E-state index in [-0.39, 0.29) is 18.2 Å². The largest absolute Gasteiger partial charge is 0.393 e. The van der Waals surface area contributed by atoms with Crippen molar-refractivity contribution in [1.82, 2.24) is 15.5 Å². The summed E-state index contributed by atoms with van der Waals surface area (Å²) in [7, 11) is 0. The Morgan fingerprint density at radius 2 is 1.70 bits per heavy atom. The van der Waals surface area contributed by atoms with Crippen LogP contribution < -0.4 is 10.6 Å². The second kappa shape index (κ2) is 8.47. The molecule has 0 saturated heterocycles. The number of amides is 2. The molecular formula is C15H31N3O2. The highest BCUT2D eigenvalue weighted by Crippen LogP contribution is 2.17. The van der Waals surface area contributed by atoms with Crippen molar-refractivity contribution in [3.63, 3.8) is 0 Å².